The average molecular weight is 444 g/mol. The molecule has 1 aliphatic rings. The van der Waals surface area contributed by atoms with Crippen LogP contribution in [0, 0.1) is 5.92 Å². The minimum Gasteiger partial charge on any atom is -0.370 e. The Labute approximate surface area is 164 Å². The number of rotatable bonds is 6. The van der Waals surface area contributed by atoms with Gasteiger partial charge in [0, 0.05) is 25.2 Å². The lowest BCUT2D eigenvalue weighted by Crippen LogP contribution is -2.49. The largest absolute Gasteiger partial charge is 0.370 e. The van der Waals surface area contributed by atoms with Crippen LogP contribution >= 0.6 is 24.0 Å². The van der Waals surface area contributed by atoms with Gasteiger partial charge in [0.2, 0.25) is 0 Å². The molecule has 136 valence electrons. The van der Waals surface area contributed by atoms with E-state index in [4.69, 9.17) is 5.73 Å². The molecule has 0 aromatic heterocycles. The van der Waals surface area contributed by atoms with Gasteiger partial charge >= 0.3 is 0 Å². The number of nitrogens with one attached hydrogen (secondary N) is 1. The first-order valence-corrected chi connectivity index (χ1v) is 8.74. The van der Waals surface area contributed by atoms with E-state index in [-0.39, 0.29) is 29.5 Å². The lowest BCUT2D eigenvalue weighted by atomic mass is 9.94. The van der Waals surface area contributed by atoms with Crippen LogP contribution in [0.15, 0.2) is 29.3 Å². The summed E-state index contributed by atoms with van der Waals surface area (Å²) >= 11 is 0. The second kappa shape index (κ2) is 9.61. The van der Waals surface area contributed by atoms with E-state index in [2.05, 4.69) is 67.2 Å². The minimum atomic E-state index is 0. The van der Waals surface area contributed by atoms with Gasteiger partial charge in [0.1, 0.15) is 0 Å². The summed E-state index contributed by atoms with van der Waals surface area (Å²) in [6.45, 7) is 12.6. The number of nitrogens with zero attached hydrogens (tertiary/aromatic N) is 2. The summed E-state index contributed by atoms with van der Waals surface area (Å²) in [5.74, 6) is 1.25. The first-order chi connectivity index (χ1) is 10.9. The predicted molar refractivity (Wildman–Crippen MR) is 114 cm³/mol. The van der Waals surface area contributed by atoms with Crippen molar-refractivity contribution in [3.05, 3.63) is 35.4 Å². The number of benzene rings is 1. The highest BCUT2D eigenvalue weighted by atomic mass is 127. The zero-order valence-corrected chi connectivity index (χ0v) is 17.8. The topological polar surface area (TPSA) is 53.6 Å². The van der Waals surface area contributed by atoms with Crippen LogP contribution in [0.25, 0.3) is 0 Å². The van der Waals surface area contributed by atoms with E-state index < -0.39 is 0 Å². The molecule has 0 fully saturated rings. The minimum absolute atomic E-state index is 0. The van der Waals surface area contributed by atoms with Gasteiger partial charge in [-0.1, -0.05) is 38.1 Å². The van der Waals surface area contributed by atoms with E-state index in [1.54, 1.807) is 0 Å². The maximum atomic E-state index is 5.99. The third kappa shape index (κ3) is 6.24. The molecular formula is C19H33IN4. The molecule has 1 aromatic rings. The molecule has 0 saturated heterocycles. The molecule has 0 bridgehead atoms. The van der Waals surface area contributed by atoms with E-state index in [0.717, 1.165) is 39.0 Å². The number of aliphatic imine (C=N–C) groups is 1. The van der Waals surface area contributed by atoms with Crippen molar-refractivity contribution in [2.24, 2.45) is 16.6 Å². The summed E-state index contributed by atoms with van der Waals surface area (Å²) in [5.41, 5.74) is 8.93. The number of halogens is 1. The molecule has 3 N–H and O–H groups in total. The predicted octanol–water partition coefficient (Wildman–Crippen LogP) is 3.39. The summed E-state index contributed by atoms with van der Waals surface area (Å²) in [6, 6.07) is 8.74. The highest BCUT2D eigenvalue weighted by Crippen LogP contribution is 2.25. The third-order valence-corrected chi connectivity index (χ3v) is 4.65. The first kappa shape index (κ1) is 21.2. The van der Waals surface area contributed by atoms with Crippen LogP contribution in [-0.4, -0.2) is 36.0 Å². The molecule has 5 heteroatoms. The van der Waals surface area contributed by atoms with Gasteiger partial charge in [-0.05, 0) is 43.7 Å². The molecule has 0 atom stereocenters. The zero-order chi connectivity index (χ0) is 16.9. The summed E-state index contributed by atoms with van der Waals surface area (Å²) in [6.07, 6.45) is 2.23. The highest BCUT2D eigenvalue weighted by molar-refractivity contribution is 14.0. The third-order valence-electron chi connectivity index (χ3n) is 4.65. The van der Waals surface area contributed by atoms with Crippen LogP contribution in [0.3, 0.4) is 0 Å². The normalized spacial score (nSPS) is 15.8. The van der Waals surface area contributed by atoms with Crippen molar-refractivity contribution in [3.8, 4) is 0 Å². The number of guanidine groups is 1. The van der Waals surface area contributed by atoms with Crippen molar-refractivity contribution in [3.63, 3.8) is 0 Å². The van der Waals surface area contributed by atoms with Crippen molar-refractivity contribution in [1.82, 2.24) is 10.2 Å². The van der Waals surface area contributed by atoms with Crippen LogP contribution < -0.4 is 11.1 Å². The average Bonchev–Trinajstić information content (AvgIpc) is 2.52. The molecule has 1 aromatic carbocycles. The molecule has 24 heavy (non-hydrogen) atoms. The second-order valence-electron chi connectivity index (χ2n) is 7.56. The Morgan fingerprint density at radius 1 is 1.29 bits per heavy atom. The molecule has 0 radical (unpaired) electrons. The Morgan fingerprint density at radius 3 is 2.62 bits per heavy atom. The monoisotopic (exact) mass is 444 g/mol. The van der Waals surface area contributed by atoms with E-state index in [9.17, 15) is 0 Å². The molecule has 0 amide bonds. The maximum absolute atomic E-state index is 5.99. The number of nitrogens with two attached hydrogens (primary N) is 1. The SMILES string of the molecule is CC(C)CCNC(N)=NCC(C)(C)N1CCc2ccccc2C1.I. The van der Waals surface area contributed by atoms with E-state index in [0.29, 0.717) is 11.9 Å². The van der Waals surface area contributed by atoms with Gasteiger partial charge in [-0.25, -0.2) is 0 Å². The summed E-state index contributed by atoms with van der Waals surface area (Å²) < 4.78 is 0. The summed E-state index contributed by atoms with van der Waals surface area (Å²) in [5, 5.41) is 3.21. The van der Waals surface area contributed by atoms with Crippen LogP contribution in [0.4, 0.5) is 0 Å². The van der Waals surface area contributed by atoms with Gasteiger partial charge in [0.25, 0.3) is 0 Å². The fourth-order valence-electron chi connectivity index (χ4n) is 2.94. The fraction of sp³-hybridized carbons (Fsp3) is 0.632. The van der Waals surface area contributed by atoms with Crippen molar-refractivity contribution in [1.29, 1.82) is 0 Å². The van der Waals surface area contributed by atoms with Crippen molar-refractivity contribution in [2.75, 3.05) is 19.6 Å². The Hall–Kier alpha value is -0.820. The fourth-order valence-corrected chi connectivity index (χ4v) is 2.94. The van der Waals surface area contributed by atoms with E-state index >= 15 is 0 Å². The number of hydrogen-bond donors (Lipinski definition) is 2. The molecule has 0 unspecified atom stereocenters. The molecule has 1 aliphatic heterocycles. The van der Waals surface area contributed by atoms with Crippen LogP contribution in [0.5, 0.6) is 0 Å². The van der Waals surface area contributed by atoms with Crippen LogP contribution in [-0.2, 0) is 13.0 Å². The van der Waals surface area contributed by atoms with E-state index in [1.165, 1.54) is 11.1 Å². The lowest BCUT2D eigenvalue weighted by molar-refractivity contribution is 0.112. The van der Waals surface area contributed by atoms with Crippen molar-refractivity contribution >= 4 is 29.9 Å². The Balaban J connectivity index is 0.00000288. The molecular weight excluding hydrogens is 411 g/mol. The van der Waals surface area contributed by atoms with Crippen LogP contribution in [0.1, 0.15) is 45.2 Å². The zero-order valence-electron chi connectivity index (χ0n) is 15.5. The van der Waals surface area contributed by atoms with Gasteiger partial charge in [0.05, 0.1) is 6.54 Å². The molecule has 4 nitrogen and oxygen atoms in total. The summed E-state index contributed by atoms with van der Waals surface area (Å²) in [7, 11) is 0. The van der Waals surface area contributed by atoms with Gasteiger partial charge in [0.15, 0.2) is 5.96 Å². The number of fused-ring (bicyclic) bond motifs is 1. The highest BCUT2D eigenvalue weighted by Gasteiger charge is 2.29. The molecule has 0 spiro atoms. The quantitative estimate of drug-likeness (QED) is 0.402. The van der Waals surface area contributed by atoms with Crippen molar-refractivity contribution in [2.45, 2.75) is 52.6 Å². The van der Waals surface area contributed by atoms with Crippen molar-refractivity contribution < 1.29 is 0 Å². The molecule has 0 saturated carbocycles. The second-order valence-corrected chi connectivity index (χ2v) is 7.56. The molecule has 0 aliphatic carbocycles. The first-order valence-electron chi connectivity index (χ1n) is 8.74. The van der Waals surface area contributed by atoms with Crippen LogP contribution in [0.2, 0.25) is 0 Å². The lowest BCUT2D eigenvalue weighted by Gasteiger charge is -2.40. The maximum Gasteiger partial charge on any atom is 0.188 e. The van der Waals surface area contributed by atoms with Gasteiger partial charge < -0.3 is 11.1 Å². The number of hydrogen-bond acceptors (Lipinski definition) is 2. The summed E-state index contributed by atoms with van der Waals surface area (Å²) in [4.78, 5) is 7.08. The van der Waals surface area contributed by atoms with Gasteiger partial charge in [-0.15, -0.1) is 24.0 Å². The Kier molecular flexibility index (Phi) is 8.50. The molecule has 1 heterocycles. The van der Waals surface area contributed by atoms with Gasteiger partial charge in [-0.3, -0.25) is 9.89 Å². The smallest absolute Gasteiger partial charge is 0.188 e. The molecule has 2 rings (SSSR count). The standard InChI is InChI=1S/C19H32N4.HI/c1-15(2)9-11-21-18(20)22-14-19(3,4)23-12-10-16-7-5-6-8-17(16)13-23;/h5-8,15H,9-14H2,1-4H3,(H3,20,21,22);1H. The van der Waals surface area contributed by atoms with E-state index in [1.807, 2.05) is 0 Å². The van der Waals surface area contributed by atoms with Gasteiger partial charge in [-0.2, -0.15) is 0 Å². The Morgan fingerprint density at radius 2 is 1.96 bits per heavy atom. The Bertz CT molecular complexity index is 540.